The molecule has 0 saturated carbocycles. The Morgan fingerprint density at radius 1 is 1.03 bits per heavy atom. The van der Waals surface area contributed by atoms with E-state index in [0.29, 0.717) is 29.8 Å². The van der Waals surface area contributed by atoms with Crippen molar-refractivity contribution < 1.29 is 14.7 Å². The lowest BCUT2D eigenvalue weighted by molar-refractivity contribution is -0.152. The highest BCUT2D eigenvalue weighted by atomic mass is 35.5. The molecule has 3 fully saturated rings. The molecular formula is C26H31ClN2O3. The van der Waals surface area contributed by atoms with Crippen LogP contribution in [-0.2, 0) is 22.6 Å². The molecule has 2 aromatic carbocycles. The molecule has 6 heteroatoms. The van der Waals surface area contributed by atoms with Crippen molar-refractivity contribution in [1.82, 2.24) is 9.80 Å². The van der Waals surface area contributed by atoms with E-state index in [4.69, 9.17) is 21.5 Å². The fraction of sp³-hybridized carbons (Fsp3) is 0.462. The third-order valence-corrected chi connectivity index (χ3v) is 7.39. The Kier molecular flexibility index (Phi) is 7.48. The molecule has 1 amide bonds. The first-order valence-corrected chi connectivity index (χ1v) is 11.9. The Labute approximate surface area is 195 Å². The van der Waals surface area contributed by atoms with E-state index in [1.54, 1.807) is 0 Å². The topological polar surface area (TPSA) is 60.9 Å². The third-order valence-electron chi connectivity index (χ3n) is 7.16. The van der Waals surface area contributed by atoms with Crippen LogP contribution in [0.15, 0.2) is 54.6 Å². The van der Waals surface area contributed by atoms with Gasteiger partial charge in [0.15, 0.2) is 0 Å². The fourth-order valence-corrected chi connectivity index (χ4v) is 6.23. The molecule has 3 aliphatic rings. The Morgan fingerprint density at radius 3 is 2.50 bits per heavy atom. The summed E-state index contributed by atoms with van der Waals surface area (Å²) in [6.07, 6.45) is 5.18. The van der Waals surface area contributed by atoms with Gasteiger partial charge >= 0.3 is 0 Å². The lowest BCUT2D eigenvalue weighted by Crippen LogP contribution is -2.65. The number of piperidine rings is 3. The zero-order chi connectivity index (χ0) is 22.5. The number of amides is 1. The van der Waals surface area contributed by atoms with Gasteiger partial charge in [-0.25, -0.2) is 0 Å². The van der Waals surface area contributed by atoms with Crippen LogP contribution >= 0.6 is 11.6 Å². The van der Waals surface area contributed by atoms with E-state index < -0.39 is 0 Å². The van der Waals surface area contributed by atoms with Gasteiger partial charge in [0.1, 0.15) is 0 Å². The maximum absolute atomic E-state index is 13.0. The molecule has 5 nitrogen and oxygen atoms in total. The molecule has 0 aromatic heterocycles. The van der Waals surface area contributed by atoms with Crippen LogP contribution < -0.4 is 0 Å². The van der Waals surface area contributed by atoms with Crippen LogP contribution in [-0.4, -0.2) is 52.5 Å². The summed E-state index contributed by atoms with van der Waals surface area (Å²) in [4.78, 5) is 26.3. The number of rotatable bonds is 4. The zero-order valence-electron chi connectivity index (χ0n) is 18.3. The predicted octanol–water partition coefficient (Wildman–Crippen LogP) is 4.48. The number of nitrogens with zero attached hydrogens (tertiary/aromatic N) is 2. The number of hydrogen-bond acceptors (Lipinski definition) is 3. The van der Waals surface area contributed by atoms with Gasteiger partial charge in [0.2, 0.25) is 5.91 Å². The number of fused-ring (bicyclic) bond motifs is 4. The smallest absolute Gasteiger partial charge is 0.290 e. The highest BCUT2D eigenvalue weighted by Crippen LogP contribution is 2.42. The third kappa shape index (κ3) is 5.16. The van der Waals surface area contributed by atoms with Crippen molar-refractivity contribution in [2.45, 2.75) is 50.7 Å². The largest absolute Gasteiger partial charge is 0.483 e. The second kappa shape index (κ2) is 10.5. The van der Waals surface area contributed by atoms with Crippen LogP contribution in [0.25, 0.3) is 0 Å². The normalized spacial score (nSPS) is 27.2. The first kappa shape index (κ1) is 22.8. The number of carboxylic acid groups (broad SMARTS) is 1. The summed E-state index contributed by atoms with van der Waals surface area (Å²) in [6, 6.07) is 19.7. The summed E-state index contributed by atoms with van der Waals surface area (Å²) in [5, 5.41) is 7.70. The van der Waals surface area contributed by atoms with Gasteiger partial charge in [-0.3, -0.25) is 14.5 Å². The number of benzene rings is 2. The van der Waals surface area contributed by atoms with E-state index in [-0.39, 0.29) is 6.47 Å². The number of carbonyl (C=O) groups excluding carboxylic acids is 1. The summed E-state index contributed by atoms with van der Waals surface area (Å²) in [5.74, 6) is 1.54. The van der Waals surface area contributed by atoms with Gasteiger partial charge in [-0.1, -0.05) is 54.1 Å². The number of halogens is 1. The molecule has 32 heavy (non-hydrogen) atoms. The van der Waals surface area contributed by atoms with Crippen LogP contribution in [0, 0.1) is 11.8 Å². The Hall–Kier alpha value is -2.37. The zero-order valence-corrected chi connectivity index (χ0v) is 19.0. The second-order valence-corrected chi connectivity index (χ2v) is 9.64. The average molecular weight is 455 g/mol. The minimum atomic E-state index is -0.250. The minimum absolute atomic E-state index is 0.250. The van der Waals surface area contributed by atoms with Crippen LogP contribution in [0.5, 0.6) is 0 Å². The maximum Gasteiger partial charge on any atom is 0.290 e. The van der Waals surface area contributed by atoms with E-state index >= 15 is 0 Å². The standard InChI is InChI=1S/C25H29ClN2O.CH2O2/c26-22-9-4-8-19(12-22)15-27-16-20-14-21(17-27)24(13-18-6-2-1-3-7-18)28-23(20)10-5-11-25(28)29;2-1-3/h1-4,6-9,12,20-21,23-24H,5,10-11,13-17H2;1H,(H,2,3)/t20-,21+,23+,24+;/m1./s1. The Balaban J connectivity index is 0.000000775. The van der Waals surface area contributed by atoms with Crippen molar-refractivity contribution in [2.24, 2.45) is 11.8 Å². The van der Waals surface area contributed by atoms with Crippen LogP contribution in [0.1, 0.15) is 36.8 Å². The molecule has 3 aliphatic heterocycles. The van der Waals surface area contributed by atoms with E-state index in [2.05, 4.69) is 52.3 Å². The summed E-state index contributed by atoms with van der Waals surface area (Å²) in [7, 11) is 0. The van der Waals surface area contributed by atoms with Crippen molar-refractivity contribution in [3.8, 4) is 0 Å². The predicted molar refractivity (Wildman–Crippen MR) is 125 cm³/mol. The van der Waals surface area contributed by atoms with Crippen molar-refractivity contribution >= 4 is 24.0 Å². The van der Waals surface area contributed by atoms with Crippen molar-refractivity contribution in [3.63, 3.8) is 0 Å². The molecule has 0 spiro atoms. The molecule has 3 heterocycles. The van der Waals surface area contributed by atoms with Gasteiger partial charge in [-0.2, -0.15) is 0 Å². The van der Waals surface area contributed by atoms with Crippen molar-refractivity contribution in [3.05, 3.63) is 70.7 Å². The van der Waals surface area contributed by atoms with Crippen LogP contribution in [0.3, 0.4) is 0 Å². The lowest BCUT2D eigenvalue weighted by atomic mass is 9.70. The van der Waals surface area contributed by atoms with Gasteiger partial charge in [0, 0.05) is 43.2 Å². The van der Waals surface area contributed by atoms with E-state index in [9.17, 15) is 4.79 Å². The van der Waals surface area contributed by atoms with Crippen molar-refractivity contribution in [2.75, 3.05) is 13.1 Å². The van der Waals surface area contributed by atoms with Crippen LogP contribution in [0.4, 0.5) is 0 Å². The van der Waals surface area contributed by atoms with E-state index in [1.165, 1.54) is 24.0 Å². The fourth-order valence-electron chi connectivity index (χ4n) is 6.01. The summed E-state index contributed by atoms with van der Waals surface area (Å²) in [6.45, 7) is 2.86. The van der Waals surface area contributed by atoms with Gasteiger partial charge in [-0.05, 0) is 60.8 Å². The SMILES string of the molecule is O=C1CCC[C@H]2[C@@H]3C[C@@H](CN(Cc4cccc(Cl)c4)C3)[C@H](Cc3ccccc3)N12.O=CO. The molecule has 0 unspecified atom stereocenters. The highest BCUT2D eigenvalue weighted by Gasteiger charge is 2.49. The second-order valence-electron chi connectivity index (χ2n) is 9.20. The Bertz CT molecular complexity index is 922. The van der Waals surface area contributed by atoms with E-state index in [0.717, 1.165) is 43.9 Å². The van der Waals surface area contributed by atoms with Gasteiger partial charge in [-0.15, -0.1) is 0 Å². The summed E-state index contributed by atoms with van der Waals surface area (Å²) < 4.78 is 0. The first-order chi connectivity index (χ1) is 15.6. The molecule has 0 aliphatic carbocycles. The Morgan fingerprint density at radius 2 is 1.75 bits per heavy atom. The summed E-state index contributed by atoms with van der Waals surface area (Å²) in [5.41, 5.74) is 2.63. The highest BCUT2D eigenvalue weighted by molar-refractivity contribution is 6.30. The van der Waals surface area contributed by atoms with Crippen LogP contribution in [0.2, 0.25) is 5.02 Å². The molecule has 0 radical (unpaired) electrons. The molecule has 1 N–H and O–H groups in total. The molecule has 2 bridgehead atoms. The summed E-state index contributed by atoms with van der Waals surface area (Å²) >= 11 is 6.22. The number of likely N-dealkylation sites (tertiary alicyclic amines) is 1. The van der Waals surface area contributed by atoms with Gasteiger partial charge in [0.25, 0.3) is 6.47 Å². The number of hydrogen-bond donors (Lipinski definition) is 1. The van der Waals surface area contributed by atoms with Gasteiger partial charge < -0.3 is 10.0 Å². The number of carbonyl (C=O) groups is 2. The maximum atomic E-state index is 13.0. The van der Waals surface area contributed by atoms with Crippen molar-refractivity contribution in [1.29, 1.82) is 0 Å². The molecule has 170 valence electrons. The monoisotopic (exact) mass is 454 g/mol. The molecule has 5 rings (SSSR count). The molecule has 2 aromatic rings. The van der Waals surface area contributed by atoms with Gasteiger partial charge in [0.05, 0.1) is 0 Å². The lowest BCUT2D eigenvalue weighted by Gasteiger charge is -2.57. The first-order valence-electron chi connectivity index (χ1n) is 11.5. The molecule has 3 saturated heterocycles. The minimum Gasteiger partial charge on any atom is -0.483 e. The van der Waals surface area contributed by atoms with E-state index in [1.807, 2.05) is 12.1 Å². The molecule has 4 atom stereocenters. The molecular weight excluding hydrogens is 424 g/mol. The quantitative estimate of drug-likeness (QED) is 0.691. The average Bonchev–Trinajstić information content (AvgIpc) is 2.78.